The van der Waals surface area contributed by atoms with Crippen LogP contribution >= 0.6 is 0 Å². The maximum absolute atomic E-state index is 13.3. The van der Waals surface area contributed by atoms with Gasteiger partial charge in [-0.15, -0.1) is 0 Å². The van der Waals surface area contributed by atoms with Crippen LogP contribution in [0.2, 0.25) is 0 Å². The van der Waals surface area contributed by atoms with Gasteiger partial charge in [-0.1, -0.05) is 31.0 Å². The Hall–Kier alpha value is -2.05. The molecule has 3 rings (SSSR count). The van der Waals surface area contributed by atoms with Gasteiger partial charge in [-0.05, 0) is 37.3 Å². The molecule has 2 atom stereocenters. The van der Waals surface area contributed by atoms with E-state index in [1.54, 1.807) is 6.07 Å². The van der Waals surface area contributed by atoms with Crippen LogP contribution in [-0.4, -0.2) is 23.0 Å². The largest absolute Gasteiger partial charge is 0.481 e. The highest BCUT2D eigenvalue weighted by atomic mass is 19.4. The molecule has 26 heavy (non-hydrogen) atoms. The molecular weight excluding hydrogens is 347 g/mol. The lowest BCUT2D eigenvalue weighted by Crippen LogP contribution is -2.45. The number of hydrogen-bond acceptors (Lipinski definition) is 2. The summed E-state index contributed by atoms with van der Waals surface area (Å²) in [6.07, 6.45) is -0.914. The van der Waals surface area contributed by atoms with Crippen molar-refractivity contribution in [3.05, 3.63) is 35.4 Å². The molecule has 0 radical (unpaired) electrons. The Morgan fingerprint density at radius 1 is 1.15 bits per heavy atom. The van der Waals surface area contributed by atoms with E-state index in [0.717, 1.165) is 18.9 Å². The third-order valence-electron chi connectivity index (χ3n) is 5.79. The van der Waals surface area contributed by atoms with Crippen molar-refractivity contribution >= 4 is 11.9 Å². The molecule has 0 spiro atoms. The molecule has 2 aliphatic rings. The molecule has 0 aromatic heterocycles. The number of carboxylic acids is 1. The number of hydrogen-bond donors (Lipinski definition) is 2. The van der Waals surface area contributed by atoms with Crippen LogP contribution in [-0.2, 0) is 15.8 Å². The predicted octanol–water partition coefficient (Wildman–Crippen LogP) is 4.10. The smallest absolute Gasteiger partial charge is 0.416 e. The van der Waals surface area contributed by atoms with Crippen molar-refractivity contribution < 1.29 is 27.9 Å². The van der Waals surface area contributed by atoms with Crippen LogP contribution < -0.4 is 5.32 Å². The summed E-state index contributed by atoms with van der Waals surface area (Å²) in [5, 5.41) is 12.2. The molecule has 0 heterocycles. The SMILES string of the molecule is O=C(CC1(C(=O)O)CCC1)NC1CCCC1c1ccccc1C(F)(F)F. The lowest BCUT2D eigenvalue weighted by atomic mass is 9.66. The second kappa shape index (κ2) is 6.93. The number of carbonyl (C=O) groups is 2. The first-order chi connectivity index (χ1) is 12.2. The number of aliphatic carboxylic acids is 1. The van der Waals surface area contributed by atoms with Crippen LogP contribution in [0.4, 0.5) is 13.2 Å². The van der Waals surface area contributed by atoms with Gasteiger partial charge < -0.3 is 10.4 Å². The molecule has 2 unspecified atom stereocenters. The Bertz CT molecular complexity index is 698. The van der Waals surface area contributed by atoms with E-state index < -0.39 is 35.1 Å². The van der Waals surface area contributed by atoms with E-state index >= 15 is 0 Å². The van der Waals surface area contributed by atoms with Gasteiger partial charge in [0.15, 0.2) is 0 Å². The Morgan fingerprint density at radius 3 is 2.42 bits per heavy atom. The van der Waals surface area contributed by atoms with Gasteiger partial charge >= 0.3 is 12.1 Å². The van der Waals surface area contributed by atoms with Gasteiger partial charge in [0.25, 0.3) is 0 Å². The quantitative estimate of drug-likeness (QED) is 0.821. The Labute approximate surface area is 149 Å². The Kier molecular flexibility index (Phi) is 4.99. The number of rotatable bonds is 5. The van der Waals surface area contributed by atoms with Gasteiger partial charge in [-0.25, -0.2) is 0 Å². The molecule has 0 saturated heterocycles. The fraction of sp³-hybridized carbons (Fsp3) is 0.579. The first-order valence-corrected chi connectivity index (χ1v) is 8.92. The van der Waals surface area contributed by atoms with E-state index in [1.807, 2.05) is 0 Å². The normalized spacial score (nSPS) is 24.7. The molecule has 1 aromatic carbocycles. The van der Waals surface area contributed by atoms with E-state index in [4.69, 9.17) is 0 Å². The Morgan fingerprint density at radius 2 is 1.85 bits per heavy atom. The molecule has 0 aliphatic heterocycles. The van der Waals surface area contributed by atoms with Gasteiger partial charge in [0.1, 0.15) is 0 Å². The van der Waals surface area contributed by atoms with Crippen molar-refractivity contribution in [1.82, 2.24) is 5.32 Å². The highest BCUT2D eigenvalue weighted by molar-refractivity contribution is 5.85. The third kappa shape index (κ3) is 3.57. The lowest BCUT2D eigenvalue weighted by molar-refractivity contribution is -0.157. The Balaban J connectivity index is 1.73. The predicted molar refractivity (Wildman–Crippen MR) is 88.5 cm³/mol. The van der Waals surface area contributed by atoms with E-state index in [1.165, 1.54) is 12.1 Å². The number of nitrogens with one attached hydrogen (secondary N) is 1. The van der Waals surface area contributed by atoms with E-state index in [9.17, 15) is 27.9 Å². The highest BCUT2D eigenvalue weighted by Gasteiger charge is 2.46. The number of halogens is 3. The van der Waals surface area contributed by atoms with Crippen LogP contribution in [0.1, 0.15) is 62.0 Å². The number of amides is 1. The lowest BCUT2D eigenvalue weighted by Gasteiger charge is -2.37. The van der Waals surface area contributed by atoms with Crippen molar-refractivity contribution in [3.8, 4) is 0 Å². The average Bonchev–Trinajstić information content (AvgIpc) is 2.97. The molecule has 1 aromatic rings. The van der Waals surface area contributed by atoms with Crippen molar-refractivity contribution in [2.45, 2.75) is 63.1 Å². The summed E-state index contributed by atoms with van der Waals surface area (Å²) in [7, 11) is 0. The van der Waals surface area contributed by atoms with Crippen molar-refractivity contribution in [1.29, 1.82) is 0 Å². The van der Waals surface area contributed by atoms with E-state index in [-0.39, 0.29) is 17.9 Å². The van der Waals surface area contributed by atoms with Gasteiger partial charge in [0.05, 0.1) is 11.0 Å². The van der Waals surface area contributed by atoms with Crippen LogP contribution in [0.3, 0.4) is 0 Å². The van der Waals surface area contributed by atoms with E-state index in [2.05, 4.69) is 5.32 Å². The molecule has 2 aliphatic carbocycles. The number of carbonyl (C=O) groups excluding carboxylic acids is 1. The maximum atomic E-state index is 13.3. The topological polar surface area (TPSA) is 66.4 Å². The summed E-state index contributed by atoms with van der Waals surface area (Å²) in [6.45, 7) is 0. The standard InChI is InChI=1S/C19H22F3NO3/c20-19(21,22)14-7-2-1-5-12(14)13-6-3-8-15(13)23-16(24)11-18(17(25)26)9-4-10-18/h1-2,5,7,13,15H,3-4,6,8-11H2,(H,23,24)(H,25,26). The van der Waals surface area contributed by atoms with Crippen molar-refractivity contribution in [2.24, 2.45) is 5.41 Å². The molecule has 2 fully saturated rings. The van der Waals surface area contributed by atoms with E-state index in [0.29, 0.717) is 25.7 Å². The second-order valence-corrected chi connectivity index (χ2v) is 7.41. The third-order valence-corrected chi connectivity index (χ3v) is 5.79. The molecule has 4 nitrogen and oxygen atoms in total. The minimum absolute atomic E-state index is 0.105. The summed E-state index contributed by atoms with van der Waals surface area (Å²) in [5.41, 5.74) is -1.45. The molecular formula is C19H22F3NO3. The van der Waals surface area contributed by atoms with Crippen molar-refractivity contribution in [3.63, 3.8) is 0 Å². The first-order valence-electron chi connectivity index (χ1n) is 8.92. The zero-order valence-electron chi connectivity index (χ0n) is 14.3. The van der Waals surface area contributed by atoms with Gasteiger partial charge in [0, 0.05) is 18.4 Å². The molecule has 2 saturated carbocycles. The van der Waals surface area contributed by atoms with Gasteiger partial charge in [-0.3, -0.25) is 9.59 Å². The molecule has 142 valence electrons. The van der Waals surface area contributed by atoms with Gasteiger partial charge in [-0.2, -0.15) is 13.2 Å². The second-order valence-electron chi connectivity index (χ2n) is 7.41. The number of benzene rings is 1. The van der Waals surface area contributed by atoms with Crippen LogP contribution in [0, 0.1) is 5.41 Å². The average molecular weight is 369 g/mol. The fourth-order valence-electron chi connectivity index (χ4n) is 4.22. The van der Waals surface area contributed by atoms with Crippen LogP contribution in [0.25, 0.3) is 0 Å². The van der Waals surface area contributed by atoms with Crippen molar-refractivity contribution in [2.75, 3.05) is 0 Å². The zero-order valence-corrected chi connectivity index (χ0v) is 14.3. The fourth-order valence-corrected chi connectivity index (χ4v) is 4.22. The molecule has 0 bridgehead atoms. The molecule has 7 heteroatoms. The summed E-state index contributed by atoms with van der Waals surface area (Å²) < 4.78 is 39.9. The molecule has 1 amide bonds. The minimum atomic E-state index is -4.44. The highest BCUT2D eigenvalue weighted by Crippen LogP contribution is 2.45. The van der Waals surface area contributed by atoms with Crippen LogP contribution in [0.5, 0.6) is 0 Å². The minimum Gasteiger partial charge on any atom is -0.481 e. The summed E-state index contributed by atoms with van der Waals surface area (Å²) in [5.74, 6) is -1.75. The number of carboxylic acid groups (broad SMARTS) is 1. The summed E-state index contributed by atoms with van der Waals surface area (Å²) in [6, 6.07) is 5.09. The zero-order chi connectivity index (χ0) is 18.9. The first kappa shape index (κ1) is 18.7. The monoisotopic (exact) mass is 369 g/mol. The maximum Gasteiger partial charge on any atom is 0.416 e. The molecule has 2 N–H and O–H groups in total. The summed E-state index contributed by atoms with van der Waals surface area (Å²) >= 11 is 0. The number of alkyl halides is 3. The summed E-state index contributed by atoms with van der Waals surface area (Å²) in [4.78, 5) is 23.8. The van der Waals surface area contributed by atoms with Gasteiger partial charge in [0.2, 0.25) is 5.91 Å². The van der Waals surface area contributed by atoms with Crippen LogP contribution in [0.15, 0.2) is 24.3 Å².